The van der Waals surface area contributed by atoms with Crippen molar-refractivity contribution in [2.75, 3.05) is 10.6 Å². The average Bonchev–Trinajstić information content (AvgIpc) is 2.59. The van der Waals surface area contributed by atoms with E-state index >= 15 is 0 Å². The summed E-state index contributed by atoms with van der Waals surface area (Å²) in [4.78, 5) is 12.1. The molecule has 0 saturated heterocycles. The lowest BCUT2D eigenvalue weighted by atomic mass is 10.1. The Morgan fingerprint density at radius 2 is 1.42 bits per heavy atom. The third-order valence-corrected chi connectivity index (χ3v) is 3.99. The van der Waals surface area contributed by atoms with Crippen molar-refractivity contribution in [3.63, 3.8) is 0 Å². The zero-order valence-electron chi connectivity index (χ0n) is 12.6. The highest BCUT2D eigenvalue weighted by atomic mass is 35.5. The molecule has 2 N–H and O–H groups in total. The first-order chi connectivity index (χ1) is 11.6. The second-order valence-electron chi connectivity index (χ2n) is 5.15. The van der Waals surface area contributed by atoms with Crippen molar-refractivity contribution in [3.05, 3.63) is 82.8 Å². The summed E-state index contributed by atoms with van der Waals surface area (Å²) in [6, 6.07) is 22.2. The fourth-order valence-corrected chi connectivity index (χ4v) is 2.59. The van der Waals surface area contributed by atoms with Gasteiger partial charge in [-0.3, -0.25) is 0 Å². The summed E-state index contributed by atoms with van der Waals surface area (Å²) in [6.45, 7) is 0. The van der Waals surface area contributed by atoms with Crippen molar-refractivity contribution in [1.82, 2.24) is 0 Å². The number of urea groups is 1. The molecule has 0 aliphatic rings. The van der Waals surface area contributed by atoms with Gasteiger partial charge in [0.25, 0.3) is 0 Å². The molecule has 0 spiro atoms. The minimum Gasteiger partial charge on any atom is -0.308 e. The highest BCUT2D eigenvalue weighted by Crippen LogP contribution is 2.26. The number of carbonyl (C=O) groups excluding carboxylic acids is 1. The van der Waals surface area contributed by atoms with Gasteiger partial charge in [-0.2, -0.15) is 0 Å². The molecule has 0 aliphatic carbocycles. The Morgan fingerprint density at radius 1 is 0.750 bits per heavy atom. The van der Waals surface area contributed by atoms with E-state index in [0.29, 0.717) is 21.4 Å². The summed E-state index contributed by atoms with van der Waals surface area (Å²) >= 11 is 11.9. The van der Waals surface area contributed by atoms with E-state index in [0.717, 1.165) is 11.1 Å². The van der Waals surface area contributed by atoms with E-state index in [1.54, 1.807) is 18.2 Å². The van der Waals surface area contributed by atoms with Crippen LogP contribution in [0.4, 0.5) is 16.2 Å². The van der Waals surface area contributed by atoms with Crippen molar-refractivity contribution in [2.45, 2.75) is 0 Å². The predicted octanol–water partition coefficient (Wildman–Crippen LogP) is 6.30. The molecule has 24 heavy (non-hydrogen) atoms. The minimum absolute atomic E-state index is 0.383. The molecule has 120 valence electrons. The van der Waals surface area contributed by atoms with Crippen LogP contribution in [0.3, 0.4) is 0 Å². The van der Waals surface area contributed by atoms with Gasteiger partial charge in [-0.1, -0.05) is 65.7 Å². The predicted molar refractivity (Wildman–Crippen MR) is 101 cm³/mol. The molecule has 2 amide bonds. The number of nitrogens with one attached hydrogen (secondary N) is 2. The molecule has 3 aromatic carbocycles. The maximum Gasteiger partial charge on any atom is 0.323 e. The fraction of sp³-hybridized carbons (Fsp3) is 0. The second-order valence-corrected chi connectivity index (χ2v) is 5.99. The molecule has 0 heterocycles. The number of benzene rings is 3. The van der Waals surface area contributed by atoms with E-state index in [1.165, 1.54) is 0 Å². The molecule has 3 aromatic rings. The van der Waals surface area contributed by atoms with Crippen molar-refractivity contribution in [1.29, 1.82) is 0 Å². The lowest BCUT2D eigenvalue weighted by Crippen LogP contribution is -2.19. The van der Waals surface area contributed by atoms with Crippen LogP contribution in [0.1, 0.15) is 0 Å². The van der Waals surface area contributed by atoms with Crippen LogP contribution in [0.2, 0.25) is 10.0 Å². The summed E-state index contributed by atoms with van der Waals surface area (Å²) in [5.74, 6) is 0. The van der Waals surface area contributed by atoms with E-state index in [-0.39, 0.29) is 6.03 Å². The van der Waals surface area contributed by atoms with Crippen molar-refractivity contribution in [2.24, 2.45) is 0 Å². The largest absolute Gasteiger partial charge is 0.323 e. The van der Waals surface area contributed by atoms with Crippen LogP contribution in [-0.4, -0.2) is 6.03 Å². The number of hydrogen-bond acceptors (Lipinski definition) is 1. The molecular formula is C19H14Cl2N2O. The summed E-state index contributed by atoms with van der Waals surface area (Å²) in [6.07, 6.45) is 0. The lowest BCUT2D eigenvalue weighted by Gasteiger charge is -2.10. The van der Waals surface area contributed by atoms with Gasteiger partial charge in [0.05, 0.1) is 10.7 Å². The van der Waals surface area contributed by atoms with Crippen LogP contribution in [-0.2, 0) is 0 Å². The Bertz CT molecular complexity index is 849. The van der Waals surface area contributed by atoms with E-state index in [9.17, 15) is 4.79 Å². The van der Waals surface area contributed by atoms with Gasteiger partial charge in [0.2, 0.25) is 0 Å². The molecule has 0 radical (unpaired) electrons. The SMILES string of the molecule is O=C(Nc1ccc(-c2ccccc2)cc1)Nc1cc(Cl)ccc1Cl. The maximum absolute atomic E-state index is 12.1. The Hall–Kier alpha value is -2.49. The van der Waals surface area contributed by atoms with Crippen LogP contribution >= 0.6 is 23.2 Å². The van der Waals surface area contributed by atoms with Gasteiger partial charge in [0.15, 0.2) is 0 Å². The Morgan fingerprint density at radius 3 is 2.12 bits per heavy atom. The smallest absolute Gasteiger partial charge is 0.308 e. The molecule has 0 aliphatic heterocycles. The van der Waals surface area contributed by atoms with E-state index in [2.05, 4.69) is 10.6 Å². The first-order valence-electron chi connectivity index (χ1n) is 7.30. The molecule has 0 saturated carbocycles. The van der Waals surface area contributed by atoms with E-state index in [1.807, 2.05) is 54.6 Å². The zero-order chi connectivity index (χ0) is 16.9. The van der Waals surface area contributed by atoms with Crippen LogP contribution in [0.25, 0.3) is 11.1 Å². The quantitative estimate of drug-likeness (QED) is 0.567. The van der Waals surface area contributed by atoms with Crippen molar-refractivity contribution in [3.8, 4) is 11.1 Å². The molecule has 0 bridgehead atoms. The number of anilines is 2. The fourth-order valence-electron chi connectivity index (χ4n) is 2.25. The maximum atomic E-state index is 12.1. The van der Waals surface area contributed by atoms with Crippen LogP contribution in [0.15, 0.2) is 72.8 Å². The summed E-state index contributed by atoms with van der Waals surface area (Å²) in [5, 5.41) is 6.37. The Labute approximate surface area is 150 Å². The van der Waals surface area contributed by atoms with E-state index < -0.39 is 0 Å². The van der Waals surface area contributed by atoms with Gasteiger partial charge >= 0.3 is 6.03 Å². The normalized spacial score (nSPS) is 10.2. The van der Waals surface area contributed by atoms with Gasteiger partial charge < -0.3 is 10.6 Å². The molecule has 0 fully saturated rings. The highest BCUT2D eigenvalue weighted by Gasteiger charge is 2.07. The molecule has 5 heteroatoms. The standard InChI is InChI=1S/C19H14Cl2N2O/c20-15-8-11-17(21)18(12-15)23-19(24)22-16-9-6-14(7-10-16)13-4-2-1-3-5-13/h1-12H,(H2,22,23,24). The van der Waals surface area contributed by atoms with Crippen LogP contribution in [0.5, 0.6) is 0 Å². The molecule has 3 nitrogen and oxygen atoms in total. The average molecular weight is 357 g/mol. The zero-order valence-corrected chi connectivity index (χ0v) is 14.1. The summed E-state index contributed by atoms with van der Waals surface area (Å²) in [7, 11) is 0. The Kier molecular flexibility index (Phi) is 5.04. The summed E-state index contributed by atoms with van der Waals surface area (Å²) < 4.78 is 0. The number of halogens is 2. The van der Waals surface area contributed by atoms with Crippen molar-refractivity contribution >= 4 is 40.6 Å². The molecule has 0 unspecified atom stereocenters. The third-order valence-electron chi connectivity index (χ3n) is 3.43. The molecule has 3 rings (SSSR count). The van der Waals surface area contributed by atoms with Gasteiger partial charge in [-0.05, 0) is 41.5 Å². The molecular weight excluding hydrogens is 343 g/mol. The highest BCUT2D eigenvalue weighted by molar-refractivity contribution is 6.35. The van der Waals surface area contributed by atoms with Gasteiger partial charge in [0.1, 0.15) is 0 Å². The Balaban J connectivity index is 1.67. The van der Waals surface area contributed by atoms with E-state index in [4.69, 9.17) is 23.2 Å². The number of rotatable bonds is 3. The minimum atomic E-state index is -0.383. The first-order valence-corrected chi connectivity index (χ1v) is 8.06. The third kappa shape index (κ3) is 4.07. The monoisotopic (exact) mass is 356 g/mol. The topological polar surface area (TPSA) is 41.1 Å². The molecule has 0 aromatic heterocycles. The van der Waals surface area contributed by atoms with Gasteiger partial charge in [-0.15, -0.1) is 0 Å². The first kappa shape index (κ1) is 16.4. The molecule has 0 atom stereocenters. The van der Waals surface area contributed by atoms with Gasteiger partial charge in [0, 0.05) is 10.7 Å². The van der Waals surface area contributed by atoms with Crippen molar-refractivity contribution < 1.29 is 4.79 Å². The van der Waals surface area contributed by atoms with Crippen LogP contribution < -0.4 is 10.6 Å². The van der Waals surface area contributed by atoms with Gasteiger partial charge in [-0.25, -0.2) is 4.79 Å². The second kappa shape index (κ2) is 7.39. The number of hydrogen-bond donors (Lipinski definition) is 2. The van der Waals surface area contributed by atoms with Crippen LogP contribution in [0, 0.1) is 0 Å². The number of carbonyl (C=O) groups is 1. The lowest BCUT2D eigenvalue weighted by molar-refractivity contribution is 0.262. The number of amides is 2. The summed E-state index contributed by atoms with van der Waals surface area (Å²) in [5.41, 5.74) is 3.35.